The van der Waals surface area contributed by atoms with Gasteiger partial charge >= 0.3 is 12.1 Å². The number of nitrogens with one attached hydrogen (secondary N) is 4. The molecular formula is C59H80N4O22S4. The van der Waals surface area contributed by atoms with E-state index < -0.39 is 134 Å². The number of carbonyl (C=O) groups excluding carboxylic acids is 4. The van der Waals surface area contributed by atoms with Gasteiger partial charge in [-0.25, -0.2) is 9.59 Å². The van der Waals surface area contributed by atoms with E-state index in [4.69, 9.17) is 66.4 Å². The maximum atomic E-state index is 15.6. The summed E-state index contributed by atoms with van der Waals surface area (Å²) >= 11 is 1.47. The van der Waals surface area contributed by atoms with E-state index in [1.807, 2.05) is 33.3 Å². The molecule has 0 radical (unpaired) electrons. The number of carbonyl (C=O) groups is 4. The number of hydroxylamine groups is 1. The average Bonchev–Trinajstić information content (AvgIpc) is 0.971. The summed E-state index contributed by atoms with van der Waals surface area (Å²) in [5.41, 5.74) is -0.949. The number of Topliss-reactive ketones (excluding diaryl/α,β-unsaturated/α-hetero) is 1. The Morgan fingerprint density at radius 3 is 2.22 bits per heavy atom. The molecule has 89 heavy (non-hydrogen) atoms. The minimum Gasteiger partial charge on any atom is -0.493 e. The molecule has 26 nitrogen and oxygen atoms in total. The molecule has 0 aromatic heterocycles. The summed E-state index contributed by atoms with van der Waals surface area (Å²) < 4.78 is 77.9. The lowest BCUT2D eigenvalue weighted by molar-refractivity contribution is -0.336. The van der Waals surface area contributed by atoms with Crippen LogP contribution in [0.5, 0.6) is 11.5 Å². The lowest BCUT2D eigenvalue weighted by Gasteiger charge is -2.47. The van der Waals surface area contributed by atoms with Crippen molar-refractivity contribution in [2.24, 2.45) is 0 Å². The van der Waals surface area contributed by atoms with Crippen LogP contribution in [-0.4, -0.2) is 226 Å². The van der Waals surface area contributed by atoms with Gasteiger partial charge in [-0.2, -0.15) is 17.2 Å². The van der Waals surface area contributed by atoms with Crippen molar-refractivity contribution in [2.75, 3.05) is 65.7 Å². The maximum Gasteiger partial charge on any atom is 0.411 e. The molecule has 0 spiro atoms. The summed E-state index contributed by atoms with van der Waals surface area (Å²) in [7, 11) is 10.8. The smallest absolute Gasteiger partial charge is 0.411 e. The van der Waals surface area contributed by atoms with Crippen molar-refractivity contribution < 1.29 is 106 Å². The Morgan fingerprint density at radius 1 is 0.854 bits per heavy atom. The van der Waals surface area contributed by atoms with Crippen molar-refractivity contribution in [1.29, 1.82) is 0 Å². The maximum absolute atomic E-state index is 15.6. The van der Waals surface area contributed by atoms with Crippen molar-refractivity contribution in [1.82, 2.24) is 16.1 Å². The number of hydrogen-bond acceptors (Lipinski definition) is 28. The molecule has 8 N–H and O–H groups in total. The number of methoxy groups -OCH3 is 5. The van der Waals surface area contributed by atoms with E-state index in [0.717, 1.165) is 7.11 Å². The van der Waals surface area contributed by atoms with Crippen LogP contribution in [-0.2, 0) is 66.5 Å². The number of anilines is 1. The predicted octanol–water partition coefficient (Wildman–Crippen LogP) is 3.42. The van der Waals surface area contributed by atoms with Crippen molar-refractivity contribution in [2.45, 2.75) is 175 Å². The standard InChI is InChI=1S/C59H80N4O22S4/c1-28(2)60-36-27-77-43(25-39(36)73-8)83-52-50(66)47(63-85-45-24-37(64)53(86-12)31(5)79-45)29(3)80-57(52)82-38-18-16-14-15-17-20-59(71)34(19-21-88-89-87-13)46(38)48(62-58(70)76-11)51(67)54(59)84-44-26-42(49(65)30(4)78-44)81-56(69)33-22-40(74-9)41(75-10)23-35(33)61-55(68)32(6)72-7/h14-15,19,22-23,28-31,36-39,42-45,47,49-50,52-54,57,60,63-66,71H,6,21,24-27H2,1-5,7-13H3,(H,61,68)(H,62,70)/b15-14-,34-19?/t29-,30-,31-,36-,37+,38?,39-,42-,43-,44-,45+,47-,49+,50+,52-,53-,54?,57+,59?/m0/s1. The van der Waals surface area contributed by atoms with Crippen LogP contribution in [0.2, 0.25) is 0 Å². The van der Waals surface area contributed by atoms with Crippen LogP contribution in [0.4, 0.5) is 10.5 Å². The van der Waals surface area contributed by atoms with E-state index in [9.17, 15) is 34.8 Å². The minimum atomic E-state index is -2.66. The molecule has 6 aliphatic rings. The molecule has 19 atom stereocenters. The van der Waals surface area contributed by atoms with Crippen molar-refractivity contribution in [3.63, 3.8) is 0 Å². The van der Waals surface area contributed by atoms with Gasteiger partial charge in [0.15, 0.2) is 54.1 Å². The molecule has 4 heterocycles. The van der Waals surface area contributed by atoms with Gasteiger partial charge in [-0.3, -0.25) is 19.7 Å². The molecule has 4 fully saturated rings. The summed E-state index contributed by atoms with van der Waals surface area (Å²) in [6.07, 6.45) is -11.7. The molecule has 2 aliphatic carbocycles. The van der Waals surface area contributed by atoms with Gasteiger partial charge in [0.25, 0.3) is 5.91 Å². The number of ether oxygens (including phenoxy) is 13. The Morgan fingerprint density at radius 2 is 1.56 bits per heavy atom. The second-order valence-corrected chi connectivity index (χ2v) is 26.8. The topological polar surface area (TPSA) is 327 Å². The SMILES string of the molecule is C=C(OC)C(=O)Nc1cc(OC)c(OC)cc1C(=O)O[C@H]1C[C@H](OC2C(=O)C(NC(=O)OC)=C3C(=CCSSSC)C2(O)C#C/C=C\C#CC3O[C@H]2O[C@@H](C)[C@H](NO[C@@H]3C[C@@H](O)[C@@H](SC)[C@H](C)O3)[C@@H](O)[C@@H]2O[C@H]2C[C@H](OC)[C@@H](NC(C)C)CO2)O[C@@H](C)[C@H]1O. The van der Waals surface area contributed by atoms with Gasteiger partial charge in [-0.1, -0.05) is 71.8 Å². The third-order valence-electron chi connectivity index (χ3n) is 15.2. The molecule has 7 rings (SSSR count). The van der Waals surface area contributed by atoms with Crippen LogP contribution in [0.3, 0.4) is 0 Å². The van der Waals surface area contributed by atoms with Crippen LogP contribution >= 0.6 is 43.2 Å². The first kappa shape index (κ1) is 71.8. The first-order valence-electron chi connectivity index (χ1n) is 28.4. The highest BCUT2D eigenvalue weighted by atomic mass is 33.5. The number of amides is 2. The highest BCUT2D eigenvalue weighted by Crippen LogP contribution is 2.44. The third kappa shape index (κ3) is 17.6. The fraction of sp³-hybridized carbons (Fsp3) is 0.627. The van der Waals surface area contributed by atoms with Crippen LogP contribution in [0, 0.1) is 23.7 Å². The average molecular weight is 1330 g/mol. The Bertz CT molecular complexity index is 2890. The number of alkyl carbamates (subject to hydrolysis) is 1. The number of allylic oxidation sites excluding steroid dienone is 2. The summed E-state index contributed by atoms with van der Waals surface area (Å²) in [6, 6.07) is 1.39. The fourth-order valence-corrected chi connectivity index (χ4v) is 14.1. The number of fused-ring (bicyclic) bond motifs is 2. The van der Waals surface area contributed by atoms with Crippen LogP contribution in [0.15, 0.2) is 59.5 Å². The molecule has 0 saturated carbocycles. The van der Waals surface area contributed by atoms with Crippen molar-refractivity contribution >= 4 is 72.6 Å². The van der Waals surface area contributed by atoms with E-state index in [2.05, 4.69) is 51.7 Å². The molecular weight excluding hydrogens is 1240 g/mol. The molecule has 2 amide bonds. The minimum absolute atomic E-state index is 0.0843. The summed E-state index contributed by atoms with van der Waals surface area (Å²) in [6.45, 7) is 12.6. The van der Waals surface area contributed by atoms with E-state index in [1.165, 1.54) is 95.7 Å². The summed E-state index contributed by atoms with van der Waals surface area (Å²) in [5.74, 6) is 8.60. The second-order valence-electron chi connectivity index (χ2n) is 21.4. The van der Waals surface area contributed by atoms with Crippen molar-refractivity contribution in [3.8, 4) is 35.2 Å². The highest BCUT2D eigenvalue weighted by molar-refractivity contribution is 9.09. The fourth-order valence-electron chi connectivity index (χ4n) is 10.8. The quantitative estimate of drug-likeness (QED) is 0.0132. The van der Waals surface area contributed by atoms with Gasteiger partial charge in [0.1, 0.15) is 30.5 Å². The van der Waals surface area contributed by atoms with Gasteiger partial charge in [-0.15, -0.1) is 0 Å². The zero-order valence-electron chi connectivity index (χ0n) is 51.4. The number of aliphatic hydroxyl groups excluding tert-OH is 3. The van der Waals surface area contributed by atoms with Gasteiger partial charge in [0.05, 0.1) is 99.8 Å². The first-order valence-corrected chi connectivity index (χ1v) is 33.8. The van der Waals surface area contributed by atoms with Gasteiger partial charge in [-0.05, 0) is 55.3 Å². The van der Waals surface area contributed by atoms with Crippen molar-refractivity contribution in [3.05, 3.63) is 65.1 Å². The van der Waals surface area contributed by atoms with E-state index in [1.54, 1.807) is 20.1 Å². The zero-order chi connectivity index (χ0) is 64.9. The molecule has 492 valence electrons. The number of ketones is 1. The molecule has 3 unspecified atom stereocenters. The Balaban J connectivity index is 1.27. The Kier molecular flexibility index (Phi) is 26.9. The molecule has 1 aromatic carbocycles. The monoisotopic (exact) mass is 1320 g/mol. The Labute approximate surface area is 533 Å². The van der Waals surface area contributed by atoms with E-state index in [-0.39, 0.29) is 88.3 Å². The number of rotatable bonds is 25. The number of benzene rings is 1. The third-order valence-corrected chi connectivity index (χ3v) is 20.2. The molecule has 4 saturated heterocycles. The highest BCUT2D eigenvalue weighted by Gasteiger charge is 2.57. The molecule has 1 aromatic rings. The van der Waals surface area contributed by atoms with Crippen LogP contribution in [0.1, 0.15) is 64.2 Å². The second kappa shape index (κ2) is 33.3. The summed E-state index contributed by atoms with van der Waals surface area (Å²) in [4.78, 5) is 62.5. The zero-order valence-corrected chi connectivity index (χ0v) is 54.6. The van der Waals surface area contributed by atoms with Crippen LogP contribution in [0.25, 0.3) is 0 Å². The predicted molar refractivity (Wildman–Crippen MR) is 330 cm³/mol. The number of thioether (sulfide) groups is 1. The molecule has 4 aliphatic heterocycles. The van der Waals surface area contributed by atoms with Gasteiger partial charge in [0.2, 0.25) is 5.78 Å². The molecule has 30 heteroatoms. The molecule has 2 bridgehead atoms. The normalized spacial score (nSPS) is 34.4. The Hall–Kier alpha value is -4.62. The van der Waals surface area contributed by atoms with E-state index in [0.29, 0.717) is 0 Å². The van der Waals surface area contributed by atoms with Gasteiger partial charge < -0.3 is 92.6 Å². The van der Waals surface area contributed by atoms with E-state index >= 15 is 4.79 Å². The van der Waals surface area contributed by atoms with Gasteiger partial charge in [0, 0.05) is 61.4 Å². The number of aliphatic hydroxyl groups is 4. The summed E-state index contributed by atoms with van der Waals surface area (Å²) in [5, 5.41) is 56.8. The lowest BCUT2D eigenvalue weighted by atomic mass is 9.73. The lowest BCUT2D eigenvalue weighted by Crippen LogP contribution is -2.65. The largest absolute Gasteiger partial charge is 0.493 e. The first-order chi connectivity index (χ1) is 42.5. The number of hydrogen-bond donors (Lipinski definition) is 8. The number of esters is 1. The van der Waals surface area contributed by atoms with Crippen LogP contribution < -0.4 is 30.9 Å².